The van der Waals surface area contributed by atoms with E-state index in [1.165, 1.54) is 24.3 Å². The number of nitro benzene ring substituents is 1. The van der Waals surface area contributed by atoms with Crippen molar-refractivity contribution in [3.63, 3.8) is 0 Å². The van der Waals surface area contributed by atoms with Crippen molar-refractivity contribution in [3.8, 4) is 0 Å². The van der Waals surface area contributed by atoms with Crippen LogP contribution in [0, 0.1) is 10.1 Å². The topological polar surface area (TPSA) is 98.5 Å². The quantitative estimate of drug-likeness (QED) is 0.343. The molecule has 0 aliphatic heterocycles. The second-order valence-corrected chi connectivity index (χ2v) is 5.73. The Morgan fingerprint density at radius 3 is 2.68 bits per heavy atom. The predicted molar refractivity (Wildman–Crippen MR) is 95.9 cm³/mol. The molecule has 7 nitrogen and oxygen atoms in total. The summed E-state index contributed by atoms with van der Waals surface area (Å²) < 4.78 is 5.68. The van der Waals surface area contributed by atoms with E-state index in [2.05, 4.69) is 21.2 Å². The van der Waals surface area contributed by atoms with Gasteiger partial charge in [-0.2, -0.15) is 0 Å². The van der Waals surface area contributed by atoms with Gasteiger partial charge in [0.25, 0.3) is 11.6 Å². The molecule has 0 aromatic heterocycles. The Balaban J connectivity index is 1.88. The van der Waals surface area contributed by atoms with Crippen LogP contribution in [0.1, 0.15) is 5.56 Å². The minimum Gasteiger partial charge on any atom is -0.452 e. The van der Waals surface area contributed by atoms with E-state index < -0.39 is 23.4 Å². The van der Waals surface area contributed by atoms with E-state index in [0.717, 1.165) is 10.0 Å². The first kappa shape index (κ1) is 18.3. The van der Waals surface area contributed by atoms with E-state index >= 15 is 0 Å². The number of halogens is 1. The van der Waals surface area contributed by atoms with Crippen molar-refractivity contribution >= 4 is 45.3 Å². The summed E-state index contributed by atoms with van der Waals surface area (Å²) >= 11 is 3.32. The summed E-state index contributed by atoms with van der Waals surface area (Å²) in [5, 5.41) is 13.2. The number of amides is 1. The minimum absolute atomic E-state index is 0.0400. The lowest BCUT2D eigenvalue weighted by Crippen LogP contribution is -2.20. The summed E-state index contributed by atoms with van der Waals surface area (Å²) in [4.78, 5) is 33.7. The molecule has 1 N–H and O–H groups in total. The van der Waals surface area contributed by atoms with E-state index in [-0.39, 0.29) is 11.4 Å². The summed E-state index contributed by atoms with van der Waals surface area (Å²) in [6, 6.07) is 13.0. The van der Waals surface area contributed by atoms with Gasteiger partial charge in [-0.3, -0.25) is 14.9 Å². The van der Waals surface area contributed by atoms with E-state index in [0.29, 0.717) is 0 Å². The van der Waals surface area contributed by atoms with E-state index in [9.17, 15) is 19.7 Å². The monoisotopic (exact) mass is 404 g/mol. The van der Waals surface area contributed by atoms with Crippen molar-refractivity contribution in [2.75, 3.05) is 11.9 Å². The fourth-order valence-corrected chi connectivity index (χ4v) is 2.30. The van der Waals surface area contributed by atoms with Crippen LogP contribution in [0.2, 0.25) is 0 Å². The lowest BCUT2D eigenvalue weighted by molar-refractivity contribution is -0.383. The number of rotatable bonds is 6. The molecule has 0 bridgehead atoms. The number of anilines is 1. The van der Waals surface area contributed by atoms with Crippen LogP contribution in [-0.2, 0) is 14.3 Å². The molecule has 2 aromatic rings. The Hall–Kier alpha value is -3.00. The lowest BCUT2D eigenvalue weighted by atomic mass is 10.2. The van der Waals surface area contributed by atoms with Crippen molar-refractivity contribution in [2.24, 2.45) is 0 Å². The highest BCUT2D eigenvalue weighted by molar-refractivity contribution is 9.10. The minimum atomic E-state index is -0.697. The second kappa shape index (κ2) is 8.74. The van der Waals surface area contributed by atoms with Crippen LogP contribution in [0.15, 0.2) is 59.1 Å². The van der Waals surface area contributed by atoms with Gasteiger partial charge in [0, 0.05) is 16.6 Å². The maximum atomic E-state index is 11.8. The Kier molecular flexibility index (Phi) is 6.41. The first-order valence-corrected chi connectivity index (χ1v) is 7.88. The molecule has 0 radical (unpaired) electrons. The van der Waals surface area contributed by atoms with Gasteiger partial charge in [0.15, 0.2) is 6.61 Å². The largest absolute Gasteiger partial charge is 0.452 e. The van der Waals surface area contributed by atoms with Crippen LogP contribution in [0.4, 0.5) is 11.4 Å². The molecule has 0 aliphatic carbocycles. The molecule has 8 heteroatoms. The molecule has 128 valence electrons. The predicted octanol–water partition coefficient (Wildman–Crippen LogP) is 3.55. The van der Waals surface area contributed by atoms with Crippen molar-refractivity contribution in [3.05, 3.63) is 74.8 Å². The van der Waals surface area contributed by atoms with Gasteiger partial charge in [-0.15, -0.1) is 0 Å². The molecule has 0 saturated carbocycles. The molecule has 0 saturated heterocycles. The molecule has 0 spiro atoms. The van der Waals surface area contributed by atoms with Crippen molar-refractivity contribution in [1.29, 1.82) is 0 Å². The number of nitrogens with zero attached hydrogens (tertiary/aromatic N) is 1. The molecule has 0 fully saturated rings. The van der Waals surface area contributed by atoms with E-state index in [4.69, 9.17) is 4.74 Å². The molecule has 0 aliphatic rings. The molecular weight excluding hydrogens is 392 g/mol. The zero-order valence-electron chi connectivity index (χ0n) is 12.8. The fraction of sp³-hybridized carbons (Fsp3) is 0.0588. The Morgan fingerprint density at radius 2 is 1.96 bits per heavy atom. The van der Waals surface area contributed by atoms with E-state index in [1.807, 2.05) is 18.2 Å². The van der Waals surface area contributed by atoms with Gasteiger partial charge in [-0.1, -0.05) is 40.2 Å². The highest BCUT2D eigenvalue weighted by atomic mass is 79.9. The average molecular weight is 405 g/mol. The van der Waals surface area contributed by atoms with Crippen molar-refractivity contribution in [2.45, 2.75) is 0 Å². The van der Waals surface area contributed by atoms with Crippen LogP contribution in [0.3, 0.4) is 0 Å². The summed E-state index contributed by atoms with van der Waals surface area (Å²) in [7, 11) is 0. The van der Waals surface area contributed by atoms with Gasteiger partial charge in [0.1, 0.15) is 5.69 Å². The third-order valence-corrected chi connectivity index (χ3v) is 3.47. The summed E-state index contributed by atoms with van der Waals surface area (Å²) in [6.45, 7) is -0.548. The molecule has 0 heterocycles. The number of ether oxygens (including phenoxy) is 1. The summed E-state index contributed by atoms with van der Waals surface area (Å²) in [6.07, 6.45) is 2.74. The van der Waals surface area contributed by atoms with Crippen LogP contribution >= 0.6 is 15.9 Å². The number of nitrogens with one attached hydrogen (secondary N) is 1. The van der Waals surface area contributed by atoms with Gasteiger partial charge in [0.2, 0.25) is 0 Å². The number of carbonyl (C=O) groups is 2. The van der Waals surface area contributed by atoms with E-state index in [1.54, 1.807) is 18.2 Å². The van der Waals surface area contributed by atoms with Gasteiger partial charge < -0.3 is 10.1 Å². The van der Waals surface area contributed by atoms with Gasteiger partial charge in [-0.25, -0.2) is 4.79 Å². The SMILES string of the molecule is O=C(COC(=O)/C=C/c1cccc(Br)c1)Nc1ccccc1[N+](=O)[O-]. The molecular formula is C17H13BrN2O5. The second-order valence-electron chi connectivity index (χ2n) is 4.82. The maximum Gasteiger partial charge on any atom is 0.331 e. The molecule has 2 aromatic carbocycles. The number of benzene rings is 2. The normalized spacial score (nSPS) is 10.4. The number of hydrogen-bond acceptors (Lipinski definition) is 5. The molecule has 1 amide bonds. The van der Waals surface area contributed by atoms with Crippen molar-refractivity contribution < 1.29 is 19.2 Å². The molecule has 0 atom stereocenters. The zero-order valence-corrected chi connectivity index (χ0v) is 14.4. The fourth-order valence-electron chi connectivity index (χ4n) is 1.88. The Morgan fingerprint density at radius 1 is 1.20 bits per heavy atom. The van der Waals surface area contributed by atoms with Crippen LogP contribution < -0.4 is 5.32 Å². The highest BCUT2D eigenvalue weighted by Gasteiger charge is 2.15. The first-order chi connectivity index (χ1) is 12.0. The molecule has 25 heavy (non-hydrogen) atoms. The van der Waals surface area contributed by atoms with Crippen LogP contribution in [-0.4, -0.2) is 23.4 Å². The summed E-state index contributed by atoms with van der Waals surface area (Å²) in [5.41, 5.74) is 0.589. The zero-order chi connectivity index (χ0) is 18.2. The van der Waals surface area contributed by atoms with Crippen LogP contribution in [0.25, 0.3) is 6.08 Å². The number of esters is 1. The first-order valence-electron chi connectivity index (χ1n) is 7.09. The standard InChI is InChI=1S/C17H13BrN2O5/c18-13-5-3-4-12(10-13)8-9-17(22)25-11-16(21)19-14-6-1-2-7-15(14)20(23)24/h1-10H,11H2,(H,19,21)/b9-8+. The Bertz CT molecular complexity index is 835. The lowest BCUT2D eigenvalue weighted by Gasteiger charge is -2.05. The average Bonchev–Trinajstić information content (AvgIpc) is 2.58. The van der Waals surface area contributed by atoms with Gasteiger partial charge in [-0.05, 0) is 29.8 Å². The number of carbonyl (C=O) groups excluding carboxylic acids is 2. The third kappa shape index (κ3) is 5.85. The van der Waals surface area contributed by atoms with Gasteiger partial charge >= 0.3 is 5.97 Å². The molecule has 0 unspecified atom stereocenters. The number of hydrogen-bond donors (Lipinski definition) is 1. The summed E-state index contributed by atoms with van der Waals surface area (Å²) in [5.74, 6) is -1.36. The molecule has 2 rings (SSSR count). The Labute approximate surface area is 151 Å². The smallest absolute Gasteiger partial charge is 0.331 e. The van der Waals surface area contributed by atoms with Gasteiger partial charge in [0.05, 0.1) is 4.92 Å². The number of nitro groups is 1. The number of para-hydroxylation sites is 2. The maximum absolute atomic E-state index is 11.8. The van der Waals surface area contributed by atoms with Crippen molar-refractivity contribution in [1.82, 2.24) is 0 Å². The van der Waals surface area contributed by atoms with Crippen LogP contribution in [0.5, 0.6) is 0 Å². The third-order valence-electron chi connectivity index (χ3n) is 2.98. The highest BCUT2D eigenvalue weighted by Crippen LogP contribution is 2.22.